The lowest BCUT2D eigenvalue weighted by atomic mass is 9.75. The number of aromatic nitrogens is 1. The molecule has 4 nitrogen and oxygen atoms in total. The van der Waals surface area contributed by atoms with Gasteiger partial charge in [-0.1, -0.05) is 18.2 Å². The molecule has 0 radical (unpaired) electrons. The van der Waals surface area contributed by atoms with Gasteiger partial charge in [0.25, 0.3) is 0 Å². The maximum atomic E-state index is 14.1. The second-order valence-electron chi connectivity index (χ2n) is 8.04. The van der Waals surface area contributed by atoms with Crippen molar-refractivity contribution in [1.82, 2.24) is 9.88 Å². The van der Waals surface area contributed by atoms with E-state index in [2.05, 4.69) is 14.8 Å². The van der Waals surface area contributed by atoms with E-state index in [4.69, 9.17) is 0 Å². The molecule has 2 aliphatic heterocycles. The lowest BCUT2D eigenvalue weighted by Crippen LogP contribution is -2.46. The summed E-state index contributed by atoms with van der Waals surface area (Å²) in [6.07, 6.45) is 7.09. The molecule has 0 bridgehead atoms. The molecule has 146 valence electrons. The summed E-state index contributed by atoms with van der Waals surface area (Å²) in [7, 11) is 0. The molecule has 2 aromatic rings. The molecule has 1 atom stereocenters. The third-order valence-electron chi connectivity index (χ3n) is 5.90. The standard InChI is InChI=1S/C21H28FN3OS/c22-19-7-2-1-6-17(19)12-21(16-26)8-5-9-24(15-21)14-18-13-23-20(27-18)25-10-3-4-11-25/h1-2,6-7,13,26H,3-5,8-12,14-16H2/t21-/m1/s1. The second-order valence-corrected chi connectivity index (χ2v) is 9.14. The summed E-state index contributed by atoms with van der Waals surface area (Å²) in [6, 6.07) is 6.95. The summed E-state index contributed by atoms with van der Waals surface area (Å²) in [5.41, 5.74) is 0.450. The van der Waals surface area contributed by atoms with Crippen molar-refractivity contribution < 1.29 is 9.50 Å². The Labute approximate surface area is 164 Å². The molecule has 1 N–H and O–H groups in total. The van der Waals surface area contributed by atoms with Crippen LogP contribution in [0.4, 0.5) is 9.52 Å². The van der Waals surface area contributed by atoms with Crippen LogP contribution < -0.4 is 4.90 Å². The highest BCUT2D eigenvalue weighted by Gasteiger charge is 2.36. The lowest BCUT2D eigenvalue weighted by Gasteiger charge is -2.42. The van der Waals surface area contributed by atoms with Crippen LogP contribution in [0.3, 0.4) is 0 Å². The zero-order valence-corrected chi connectivity index (χ0v) is 16.6. The number of hydrogen-bond acceptors (Lipinski definition) is 5. The smallest absolute Gasteiger partial charge is 0.185 e. The first-order valence-corrected chi connectivity index (χ1v) is 10.8. The molecular weight excluding hydrogens is 361 g/mol. The molecule has 2 aliphatic rings. The van der Waals surface area contributed by atoms with Gasteiger partial charge in [-0.15, -0.1) is 11.3 Å². The Morgan fingerprint density at radius 2 is 1.96 bits per heavy atom. The maximum absolute atomic E-state index is 14.1. The summed E-state index contributed by atoms with van der Waals surface area (Å²) < 4.78 is 14.1. The summed E-state index contributed by atoms with van der Waals surface area (Å²) in [5, 5.41) is 11.3. The van der Waals surface area contributed by atoms with Crippen LogP contribution in [0.25, 0.3) is 0 Å². The van der Waals surface area contributed by atoms with E-state index in [9.17, 15) is 9.50 Å². The van der Waals surface area contributed by atoms with Crippen molar-refractivity contribution in [3.05, 3.63) is 46.7 Å². The predicted octanol–water partition coefficient (Wildman–Crippen LogP) is 3.70. The van der Waals surface area contributed by atoms with Crippen LogP contribution >= 0.6 is 11.3 Å². The predicted molar refractivity (Wildman–Crippen MR) is 108 cm³/mol. The Hall–Kier alpha value is -1.50. The van der Waals surface area contributed by atoms with Crippen LogP contribution in [0.1, 0.15) is 36.1 Å². The van der Waals surface area contributed by atoms with Gasteiger partial charge in [-0.05, 0) is 50.3 Å². The van der Waals surface area contributed by atoms with Crippen molar-refractivity contribution in [3.8, 4) is 0 Å². The number of halogens is 1. The van der Waals surface area contributed by atoms with Gasteiger partial charge >= 0.3 is 0 Å². The van der Waals surface area contributed by atoms with Gasteiger partial charge in [-0.3, -0.25) is 4.90 Å². The quantitative estimate of drug-likeness (QED) is 0.818. The van der Waals surface area contributed by atoms with Crippen molar-refractivity contribution >= 4 is 16.5 Å². The first kappa shape index (κ1) is 18.8. The monoisotopic (exact) mass is 389 g/mol. The molecule has 0 unspecified atom stereocenters. The Morgan fingerprint density at radius 1 is 1.15 bits per heavy atom. The third-order valence-corrected chi connectivity index (χ3v) is 6.94. The minimum atomic E-state index is -0.261. The number of thiazole rings is 1. The van der Waals surface area contributed by atoms with Crippen molar-refractivity contribution in [2.75, 3.05) is 37.7 Å². The van der Waals surface area contributed by atoms with Crippen molar-refractivity contribution in [3.63, 3.8) is 0 Å². The molecule has 0 amide bonds. The van der Waals surface area contributed by atoms with E-state index in [1.54, 1.807) is 17.4 Å². The molecule has 0 saturated carbocycles. The van der Waals surface area contributed by atoms with Crippen LogP contribution in [-0.2, 0) is 13.0 Å². The third kappa shape index (κ3) is 4.33. The highest BCUT2D eigenvalue weighted by atomic mass is 32.1. The second kappa shape index (κ2) is 8.25. The zero-order chi connectivity index (χ0) is 18.7. The molecule has 27 heavy (non-hydrogen) atoms. The number of hydrogen-bond donors (Lipinski definition) is 1. The van der Waals surface area contributed by atoms with E-state index in [0.717, 1.165) is 50.7 Å². The zero-order valence-electron chi connectivity index (χ0n) is 15.7. The molecule has 0 aliphatic carbocycles. The van der Waals surface area contributed by atoms with E-state index in [-0.39, 0.29) is 17.8 Å². The van der Waals surface area contributed by atoms with Gasteiger partial charge in [0.15, 0.2) is 5.13 Å². The maximum Gasteiger partial charge on any atom is 0.185 e. The first-order valence-electron chi connectivity index (χ1n) is 9.94. The van der Waals surface area contributed by atoms with E-state index >= 15 is 0 Å². The first-order chi connectivity index (χ1) is 13.2. The molecule has 0 spiro atoms. The van der Waals surface area contributed by atoms with E-state index in [0.29, 0.717) is 12.0 Å². The number of nitrogens with zero attached hydrogens (tertiary/aromatic N) is 3. The SMILES string of the molecule is OC[C@@]1(Cc2ccccc2F)CCCN(Cc2cnc(N3CCCC3)s2)C1. The molecule has 2 fully saturated rings. The number of likely N-dealkylation sites (tertiary alicyclic amines) is 1. The van der Waals surface area contributed by atoms with Gasteiger partial charge in [0.1, 0.15) is 5.82 Å². The van der Waals surface area contributed by atoms with E-state index in [1.165, 1.54) is 23.8 Å². The van der Waals surface area contributed by atoms with E-state index in [1.807, 2.05) is 18.3 Å². The fourth-order valence-electron chi connectivity index (χ4n) is 4.47. The molecule has 2 saturated heterocycles. The number of piperidine rings is 1. The van der Waals surface area contributed by atoms with Gasteiger partial charge in [0, 0.05) is 42.7 Å². The highest BCUT2D eigenvalue weighted by Crippen LogP contribution is 2.35. The number of anilines is 1. The van der Waals surface area contributed by atoms with E-state index < -0.39 is 0 Å². The number of aliphatic hydroxyl groups excluding tert-OH is 1. The number of benzene rings is 1. The van der Waals surface area contributed by atoms with Crippen LogP contribution in [-0.4, -0.2) is 47.8 Å². The minimum Gasteiger partial charge on any atom is -0.396 e. The van der Waals surface area contributed by atoms with Crippen molar-refractivity contribution in [2.24, 2.45) is 5.41 Å². The summed E-state index contributed by atoms with van der Waals surface area (Å²) in [5.74, 6) is -0.167. The molecular formula is C21H28FN3OS. The average molecular weight is 390 g/mol. The summed E-state index contributed by atoms with van der Waals surface area (Å²) >= 11 is 1.79. The Bertz CT molecular complexity index is 761. The van der Waals surface area contributed by atoms with Crippen LogP contribution in [0.5, 0.6) is 0 Å². The number of rotatable bonds is 6. The van der Waals surface area contributed by atoms with Gasteiger partial charge in [0.2, 0.25) is 0 Å². The van der Waals surface area contributed by atoms with Gasteiger partial charge in [-0.2, -0.15) is 0 Å². The molecule has 1 aromatic heterocycles. The summed E-state index contributed by atoms with van der Waals surface area (Å²) in [4.78, 5) is 10.7. The Kier molecular flexibility index (Phi) is 5.76. The lowest BCUT2D eigenvalue weighted by molar-refractivity contribution is 0.0287. The highest BCUT2D eigenvalue weighted by molar-refractivity contribution is 7.15. The largest absolute Gasteiger partial charge is 0.396 e. The Balaban J connectivity index is 1.43. The normalized spacial score (nSPS) is 23.9. The molecule has 6 heteroatoms. The van der Waals surface area contributed by atoms with Crippen LogP contribution in [0.2, 0.25) is 0 Å². The fourth-order valence-corrected chi connectivity index (χ4v) is 5.47. The van der Waals surface area contributed by atoms with Crippen LogP contribution in [0, 0.1) is 11.2 Å². The van der Waals surface area contributed by atoms with Gasteiger partial charge in [-0.25, -0.2) is 9.37 Å². The molecule has 1 aromatic carbocycles. The van der Waals surface area contributed by atoms with Crippen LogP contribution in [0.15, 0.2) is 30.5 Å². The number of aliphatic hydroxyl groups is 1. The van der Waals surface area contributed by atoms with Gasteiger partial charge in [0.05, 0.1) is 6.61 Å². The average Bonchev–Trinajstić information content (AvgIpc) is 3.36. The van der Waals surface area contributed by atoms with Crippen molar-refractivity contribution in [1.29, 1.82) is 0 Å². The molecule has 3 heterocycles. The van der Waals surface area contributed by atoms with Gasteiger partial charge < -0.3 is 10.0 Å². The topological polar surface area (TPSA) is 39.6 Å². The van der Waals surface area contributed by atoms with Crippen molar-refractivity contribution in [2.45, 2.75) is 38.6 Å². The molecule has 4 rings (SSSR count). The minimum absolute atomic E-state index is 0.0968. The Morgan fingerprint density at radius 3 is 2.74 bits per heavy atom. The summed E-state index contributed by atoms with van der Waals surface area (Å²) in [6.45, 7) is 5.02. The fraction of sp³-hybridized carbons (Fsp3) is 0.571.